The van der Waals surface area contributed by atoms with E-state index < -0.39 is 12.5 Å². The third-order valence-electron chi connectivity index (χ3n) is 1.27. The van der Waals surface area contributed by atoms with Crippen LogP contribution in [0.25, 0.3) is 0 Å². The molecule has 1 aromatic carbocycles. The second-order valence-electron chi connectivity index (χ2n) is 1.96. The lowest BCUT2D eigenvalue weighted by atomic mass is 10.2. The summed E-state index contributed by atoms with van der Waals surface area (Å²) in [4.78, 5) is 0. The SMILES string of the molecule is FCc1c(Cl)ccc(Cl)c1F. The molecular formula is C7H4Cl2F2. The molecule has 0 aliphatic carbocycles. The summed E-state index contributed by atoms with van der Waals surface area (Å²) in [5, 5.41) is -0.0450. The normalized spacial score (nSPS) is 10.2. The molecule has 0 saturated carbocycles. The van der Waals surface area contributed by atoms with Gasteiger partial charge >= 0.3 is 0 Å². The molecule has 4 heteroatoms. The zero-order valence-corrected chi connectivity index (χ0v) is 6.89. The standard InChI is InChI=1S/C7H4Cl2F2/c8-5-1-2-6(9)7(11)4(5)3-10/h1-2H,3H2. The van der Waals surface area contributed by atoms with Crippen molar-refractivity contribution >= 4 is 23.2 Å². The van der Waals surface area contributed by atoms with Crippen molar-refractivity contribution in [2.45, 2.75) is 6.67 Å². The van der Waals surface area contributed by atoms with Gasteiger partial charge in [0.1, 0.15) is 12.5 Å². The maximum atomic E-state index is 12.8. The summed E-state index contributed by atoms with van der Waals surface area (Å²) < 4.78 is 24.9. The van der Waals surface area contributed by atoms with Crippen molar-refractivity contribution in [1.82, 2.24) is 0 Å². The molecule has 1 aromatic rings. The molecule has 0 radical (unpaired) electrons. The zero-order valence-electron chi connectivity index (χ0n) is 5.37. The number of rotatable bonds is 1. The molecule has 1 rings (SSSR count). The van der Waals surface area contributed by atoms with Gasteiger partial charge in [0.2, 0.25) is 0 Å². The largest absolute Gasteiger partial charge is 0.246 e. The Morgan fingerprint density at radius 2 is 1.73 bits per heavy atom. The molecule has 0 heterocycles. The summed E-state index contributed by atoms with van der Waals surface area (Å²) in [6.07, 6.45) is 0. The molecule has 60 valence electrons. The van der Waals surface area contributed by atoms with E-state index in [1.165, 1.54) is 12.1 Å². The number of alkyl halides is 1. The third-order valence-corrected chi connectivity index (χ3v) is 1.92. The molecule has 0 N–H and O–H groups in total. The Balaban J connectivity index is 3.29. The second kappa shape index (κ2) is 3.37. The van der Waals surface area contributed by atoms with Crippen LogP contribution in [-0.4, -0.2) is 0 Å². The first kappa shape index (κ1) is 8.75. The highest BCUT2D eigenvalue weighted by atomic mass is 35.5. The van der Waals surface area contributed by atoms with E-state index in [-0.39, 0.29) is 15.6 Å². The molecule has 0 unspecified atom stereocenters. The van der Waals surface area contributed by atoms with Gasteiger partial charge in [-0.15, -0.1) is 0 Å². The van der Waals surface area contributed by atoms with Crippen LogP contribution >= 0.6 is 23.2 Å². The van der Waals surface area contributed by atoms with Crippen molar-refractivity contribution < 1.29 is 8.78 Å². The summed E-state index contributed by atoms with van der Waals surface area (Å²) in [6.45, 7) is -0.939. The van der Waals surface area contributed by atoms with Gasteiger partial charge in [0.25, 0.3) is 0 Å². The fourth-order valence-electron chi connectivity index (χ4n) is 0.692. The molecule has 11 heavy (non-hydrogen) atoms. The summed E-state index contributed by atoms with van der Waals surface area (Å²) in [5.74, 6) is -0.776. The monoisotopic (exact) mass is 196 g/mol. The van der Waals surface area contributed by atoms with Crippen LogP contribution in [0.15, 0.2) is 12.1 Å². The minimum Gasteiger partial charge on any atom is -0.246 e. The lowest BCUT2D eigenvalue weighted by Crippen LogP contribution is -1.88. The molecule has 0 aliphatic heterocycles. The van der Waals surface area contributed by atoms with E-state index in [1.54, 1.807) is 0 Å². The Labute approximate surface area is 72.7 Å². The van der Waals surface area contributed by atoms with Gasteiger partial charge in [0, 0.05) is 10.6 Å². The molecule has 0 aliphatic rings. The van der Waals surface area contributed by atoms with Crippen LogP contribution in [0.1, 0.15) is 5.56 Å². The number of hydrogen-bond donors (Lipinski definition) is 0. The van der Waals surface area contributed by atoms with Crippen molar-refractivity contribution in [2.75, 3.05) is 0 Å². The van der Waals surface area contributed by atoms with Gasteiger partial charge in [0.15, 0.2) is 0 Å². The van der Waals surface area contributed by atoms with E-state index in [0.717, 1.165) is 0 Å². The van der Waals surface area contributed by atoms with E-state index >= 15 is 0 Å². The van der Waals surface area contributed by atoms with Gasteiger partial charge in [-0.2, -0.15) is 0 Å². The Bertz CT molecular complexity index is 273. The van der Waals surface area contributed by atoms with E-state index in [9.17, 15) is 8.78 Å². The Hall–Kier alpha value is -0.340. The van der Waals surface area contributed by atoms with Crippen LogP contribution < -0.4 is 0 Å². The fourth-order valence-corrected chi connectivity index (χ4v) is 1.07. The number of halogens is 4. The molecular weight excluding hydrogens is 193 g/mol. The molecule has 0 amide bonds. The van der Waals surface area contributed by atoms with Gasteiger partial charge in [-0.1, -0.05) is 23.2 Å². The Morgan fingerprint density at radius 1 is 1.18 bits per heavy atom. The summed E-state index contributed by atoms with van der Waals surface area (Å²) >= 11 is 10.8. The van der Waals surface area contributed by atoms with Crippen LogP contribution in [0.4, 0.5) is 8.78 Å². The van der Waals surface area contributed by atoms with Crippen LogP contribution in [0, 0.1) is 5.82 Å². The first-order valence-electron chi connectivity index (χ1n) is 2.85. The van der Waals surface area contributed by atoms with Crippen molar-refractivity contribution in [2.24, 2.45) is 0 Å². The average Bonchev–Trinajstić information content (AvgIpc) is 1.99. The Kier molecular flexibility index (Phi) is 2.68. The number of benzene rings is 1. The van der Waals surface area contributed by atoms with Crippen LogP contribution in [0.2, 0.25) is 10.0 Å². The van der Waals surface area contributed by atoms with Crippen molar-refractivity contribution in [3.8, 4) is 0 Å². The van der Waals surface area contributed by atoms with Crippen LogP contribution in [0.5, 0.6) is 0 Å². The maximum absolute atomic E-state index is 12.8. The predicted molar refractivity (Wildman–Crippen MR) is 41.2 cm³/mol. The Morgan fingerprint density at radius 3 is 2.18 bits per heavy atom. The topological polar surface area (TPSA) is 0 Å². The number of hydrogen-bond acceptors (Lipinski definition) is 0. The molecule has 0 bridgehead atoms. The average molecular weight is 197 g/mol. The highest BCUT2D eigenvalue weighted by Gasteiger charge is 2.09. The minimum absolute atomic E-state index is 0.0643. The molecule has 0 fully saturated rings. The molecule has 0 spiro atoms. The zero-order chi connectivity index (χ0) is 8.43. The highest BCUT2D eigenvalue weighted by Crippen LogP contribution is 2.25. The second-order valence-corrected chi connectivity index (χ2v) is 2.77. The van der Waals surface area contributed by atoms with E-state index in [4.69, 9.17) is 23.2 Å². The lowest BCUT2D eigenvalue weighted by Gasteiger charge is -2.01. The van der Waals surface area contributed by atoms with Crippen molar-refractivity contribution in [1.29, 1.82) is 0 Å². The highest BCUT2D eigenvalue weighted by molar-refractivity contribution is 6.33. The smallest absolute Gasteiger partial charge is 0.149 e. The summed E-state index contributed by atoms with van der Waals surface area (Å²) in [6, 6.07) is 2.65. The van der Waals surface area contributed by atoms with Crippen LogP contribution in [0.3, 0.4) is 0 Å². The molecule has 0 aromatic heterocycles. The molecule has 0 saturated heterocycles. The van der Waals surface area contributed by atoms with Gasteiger partial charge < -0.3 is 0 Å². The lowest BCUT2D eigenvalue weighted by molar-refractivity contribution is 0.464. The van der Waals surface area contributed by atoms with Gasteiger partial charge in [-0.3, -0.25) is 0 Å². The summed E-state index contributed by atoms with van der Waals surface area (Å²) in [5.41, 5.74) is -0.181. The van der Waals surface area contributed by atoms with E-state index in [2.05, 4.69) is 0 Å². The van der Waals surface area contributed by atoms with Gasteiger partial charge in [-0.25, -0.2) is 8.78 Å². The van der Waals surface area contributed by atoms with Crippen molar-refractivity contribution in [3.05, 3.63) is 33.6 Å². The van der Waals surface area contributed by atoms with Crippen molar-refractivity contribution in [3.63, 3.8) is 0 Å². The van der Waals surface area contributed by atoms with Crippen LogP contribution in [-0.2, 0) is 6.67 Å². The minimum atomic E-state index is -0.939. The predicted octanol–water partition coefficient (Wildman–Crippen LogP) is 3.60. The molecule has 0 nitrogen and oxygen atoms in total. The van der Waals surface area contributed by atoms with E-state index in [1.807, 2.05) is 0 Å². The van der Waals surface area contributed by atoms with Gasteiger partial charge in [-0.05, 0) is 12.1 Å². The maximum Gasteiger partial charge on any atom is 0.149 e. The summed E-state index contributed by atoms with van der Waals surface area (Å²) in [7, 11) is 0. The first-order chi connectivity index (χ1) is 5.16. The van der Waals surface area contributed by atoms with E-state index in [0.29, 0.717) is 0 Å². The first-order valence-corrected chi connectivity index (χ1v) is 3.60. The fraction of sp³-hybridized carbons (Fsp3) is 0.143. The molecule has 0 atom stereocenters. The third kappa shape index (κ3) is 1.63. The quantitative estimate of drug-likeness (QED) is 0.603. The van der Waals surface area contributed by atoms with Gasteiger partial charge in [0.05, 0.1) is 5.02 Å².